The number of nitrogens with zero attached hydrogens (tertiary/aromatic N) is 4. The van der Waals surface area contributed by atoms with E-state index in [1.807, 2.05) is 16.9 Å². The number of piperidine rings is 1. The minimum absolute atomic E-state index is 0.0914. The highest BCUT2D eigenvalue weighted by molar-refractivity contribution is 7.80. The van der Waals surface area contributed by atoms with Gasteiger partial charge >= 0.3 is 16.4 Å². The smallest absolute Gasteiger partial charge is 0.311 e. The van der Waals surface area contributed by atoms with Gasteiger partial charge in [0.25, 0.3) is 5.91 Å². The lowest BCUT2D eigenvalue weighted by Gasteiger charge is -2.29. The zero-order chi connectivity index (χ0) is 21.3. The third kappa shape index (κ3) is 4.73. The van der Waals surface area contributed by atoms with E-state index in [2.05, 4.69) is 20.2 Å². The van der Waals surface area contributed by atoms with Crippen LogP contribution < -0.4 is 10.8 Å². The molecule has 3 fully saturated rings. The summed E-state index contributed by atoms with van der Waals surface area (Å²) in [6, 6.07) is -0.153. The van der Waals surface area contributed by atoms with Crippen LogP contribution in [-0.2, 0) is 30.9 Å². The number of amides is 3. The van der Waals surface area contributed by atoms with E-state index in [4.69, 9.17) is 9.39 Å². The fourth-order valence-corrected chi connectivity index (χ4v) is 4.62. The monoisotopic (exact) mass is 444 g/mol. The molecule has 13 nitrogen and oxygen atoms in total. The highest BCUT2D eigenvalue weighted by atomic mass is 32.3. The molecule has 2 bridgehead atoms. The van der Waals surface area contributed by atoms with Crippen molar-refractivity contribution in [2.45, 2.75) is 43.9 Å². The Morgan fingerprint density at radius 2 is 2.23 bits per heavy atom. The Hall–Kier alpha value is -2.26. The van der Waals surface area contributed by atoms with Crippen molar-refractivity contribution in [1.29, 1.82) is 0 Å². The molecule has 3 aliphatic heterocycles. The van der Waals surface area contributed by atoms with Gasteiger partial charge in [-0.1, -0.05) is 0 Å². The van der Waals surface area contributed by atoms with E-state index in [0.29, 0.717) is 23.8 Å². The van der Waals surface area contributed by atoms with Crippen LogP contribution in [0.1, 0.15) is 19.3 Å². The molecule has 3 aliphatic rings. The largest absolute Gasteiger partial charge is 0.418 e. The van der Waals surface area contributed by atoms with Gasteiger partial charge in [0, 0.05) is 38.1 Å². The van der Waals surface area contributed by atoms with Crippen molar-refractivity contribution in [2.24, 2.45) is 5.92 Å². The molecule has 1 aromatic rings. The molecule has 3 saturated heterocycles. The molecule has 4 atom stereocenters. The molecule has 0 spiro atoms. The zero-order valence-corrected chi connectivity index (χ0v) is 16.9. The van der Waals surface area contributed by atoms with Crippen LogP contribution in [0, 0.1) is 5.92 Å². The Balaban J connectivity index is 1.22. The number of hydrogen-bond acceptors (Lipinski definition) is 8. The maximum absolute atomic E-state index is 12.5. The average Bonchev–Trinajstić information content (AvgIpc) is 3.40. The zero-order valence-electron chi connectivity index (χ0n) is 16.1. The van der Waals surface area contributed by atoms with Crippen LogP contribution in [-0.4, -0.2) is 82.5 Å². The Labute approximate surface area is 173 Å². The van der Waals surface area contributed by atoms with E-state index in [1.54, 1.807) is 6.20 Å². The second-order valence-corrected chi connectivity index (χ2v) is 8.73. The summed E-state index contributed by atoms with van der Waals surface area (Å²) >= 11 is 0. The van der Waals surface area contributed by atoms with Gasteiger partial charge in [0.2, 0.25) is 0 Å². The van der Waals surface area contributed by atoms with Gasteiger partial charge in [0.05, 0.1) is 12.6 Å². The summed E-state index contributed by atoms with van der Waals surface area (Å²) in [6.45, 7) is 2.05. The lowest BCUT2D eigenvalue weighted by molar-refractivity contribution is -0.139. The first-order valence-electron chi connectivity index (χ1n) is 9.69. The van der Waals surface area contributed by atoms with E-state index in [0.717, 1.165) is 19.5 Å². The van der Waals surface area contributed by atoms with Gasteiger partial charge in [0.1, 0.15) is 6.04 Å². The van der Waals surface area contributed by atoms with Gasteiger partial charge in [0.15, 0.2) is 0 Å². The van der Waals surface area contributed by atoms with Crippen LogP contribution in [0.2, 0.25) is 0 Å². The fraction of sp³-hybridized carbons (Fsp3) is 0.688. The van der Waals surface area contributed by atoms with Crippen molar-refractivity contribution < 1.29 is 31.7 Å². The quantitative estimate of drug-likeness (QED) is 0.335. The molecule has 166 valence electrons. The van der Waals surface area contributed by atoms with Crippen LogP contribution in [0.5, 0.6) is 0 Å². The predicted molar refractivity (Wildman–Crippen MR) is 99.6 cm³/mol. The number of aromatic nitrogens is 2. The van der Waals surface area contributed by atoms with E-state index < -0.39 is 34.4 Å². The van der Waals surface area contributed by atoms with Crippen LogP contribution in [0.15, 0.2) is 18.5 Å². The van der Waals surface area contributed by atoms with E-state index >= 15 is 0 Å². The van der Waals surface area contributed by atoms with Gasteiger partial charge in [-0.25, -0.2) is 10.3 Å². The first-order valence-corrected chi connectivity index (χ1v) is 11.1. The third-order valence-corrected chi connectivity index (χ3v) is 5.92. The predicted octanol–water partition coefficient (Wildman–Crippen LogP) is -1.09. The van der Waals surface area contributed by atoms with Crippen molar-refractivity contribution in [3.05, 3.63) is 18.5 Å². The topological polar surface area (TPSA) is 155 Å². The molecule has 3 N–H and O–H groups in total. The van der Waals surface area contributed by atoms with Gasteiger partial charge in [-0.05, 0) is 31.2 Å². The number of hydroxylamine groups is 3. The van der Waals surface area contributed by atoms with Crippen molar-refractivity contribution in [1.82, 2.24) is 30.5 Å². The van der Waals surface area contributed by atoms with Crippen LogP contribution in [0.4, 0.5) is 4.79 Å². The molecule has 4 heterocycles. The molecule has 0 radical (unpaired) electrons. The normalized spacial score (nSPS) is 28.9. The summed E-state index contributed by atoms with van der Waals surface area (Å²) in [6.07, 6.45) is 5.22. The summed E-state index contributed by atoms with van der Waals surface area (Å²) in [4.78, 5) is 31.4. The van der Waals surface area contributed by atoms with Crippen molar-refractivity contribution in [2.75, 3.05) is 19.7 Å². The molecule has 0 aromatic carbocycles. The van der Waals surface area contributed by atoms with Crippen LogP contribution in [0.3, 0.4) is 0 Å². The van der Waals surface area contributed by atoms with Crippen molar-refractivity contribution >= 4 is 22.3 Å². The van der Waals surface area contributed by atoms with E-state index in [9.17, 15) is 18.0 Å². The van der Waals surface area contributed by atoms with E-state index in [1.165, 1.54) is 4.90 Å². The molecule has 0 saturated carbocycles. The minimum atomic E-state index is -4.82. The maximum Gasteiger partial charge on any atom is 0.418 e. The van der Waals surface area contributed by atoms with Gasteiger partial charge in [-0.15, -0.1) is 4.28 Å². The first kappa shape index (κ1) is 21.0. The van der Waals surface area contributed by atoms with Crippen LogP contribution in [0.25, 0.3) is 0 Å². The molecule has 4 rings (SSSR count). The van der Waals surface area contributed by atoms with Crippen LogP contribution >= 0.6 is 0 Å². The molecular formula is C16H24N6O7S. The Morgan fingerprint density at radius 1 is 1.40 bits per heavy atom. The minimum Gasteiger partial charge on any atom is -0.311 e. The number of rotatable bonds is 8. The number of carbonyl (C=O) groups excluding carboxylic acids is 2. The molecule has 3 amide bonds. The average molecular weight is 444 g/mol. The fourth-order valence-electron chi connectivity index (χ4n) is 4.23. The number of nitrogens with one attached hydrogen (secondary N) is 2. The number of hydrogen-bond donors (Lipinski definition) is 3. The molecule has 30 heavy (non-hydrogen) atoms. The Morgan fingerprint density at radius 3 is 2.97 bits per heavy atom. The summed E-state index contributed by atoms with van der Waals surface area (Å²) in [5.74, 6) is -0.0675. The molecule has 0 aliphatic carbocycles. The van der Waals surface area contributed by atoms with Gasteiger partial charge in [-0.3, -0.25) is 18.9 Å². The third-order valence-electron chi connectivity index (χ3n) is 5.57. The number of carbonyl (C=O) groups is 2. The summed E-state index contributed by atoms with van der Waals surface area (Å²) in [7, 11) is -4.82. The number of urea groups is 1. The Bertz CT molecular complexity index is 879. The first-order chi connectivity index (χ1) is 14.3. The standard InChI is InChI=1S/C16H24N6O7S/c23-15(14-3-2-13-9-21(14)16(24)22(13)29-30(25,26)27)19-28-10-12-6-11(7-17-12)8-20-5-1-4-18-20/h1,4-5,11-14,17H,2-3,6-10H2,(H,19,23)(H,25,26,27)/t11-,12+,13?,14?/m1/s1. The van der Waals surface area contributed by atoms with E-state index in [-0.39, 0.29) is 19.2 Å². The lowest BCUT2D eigenvalue weighted by Crippen LogP contribution is -2.50. The highest BCUT2D eigenvalue weighted by Gasteiger charge is 2.49. The molecule has 1 aromatic heterocycles. The molecule has 14 heteroatoms. The second kappa shape index (κ2) is 8.47. The lowest BCUT2D eigenvalue weighted by atomic mass is 10.0. The summed E-state index contributed by atoms with van der Waals surface area (Å²) in [5, 5.41) is 8.15. The maximum atomic E-state index is 12.5. The molecular weight excluding hydrogens is 420 g/mol. The van der Waals surface area contributed by atoms with Gasteiger partial charge in [-0.2, -0.15) is 18.6 Å². The van der Waals surface area contributed by atoms with Crippen molar-refractivity contribution in [3.8, 4) is 0 Å². The highest BCUT2D eigenvalue weighted by Crippen LogP contribution is 2.30. The SMILES string of the molecule is O=C(NOC[C@@H]1C[C@@H](Cn2cccn2)CN1)C1CCC2CN1C(=O)N2OS(=O)(=O)O. The number of fused-ring (bicyclic) bond motifs is 2. The second-order valence-electron chi connectivity index (χ2n) is 7.72. The van der Waals surface area contributed by atoms with Crippen molar-refractivity contribution in [3.63, 3.8) is 0 Å². The van der Waals surface area contributed by atoms with Gasteiger partial charge < -0.3 is 10.2 Å². The summed E-state index contributed by atoms with van der Waals surface area (Å²) in [5.41, 5.74) is 2.39. The molecule has 2 unspecified atom stereocenters. The summed E-state index contributed by atoms with van der Waals surface area (Å²) < 4.78 is 36.9. The Kier molecular flexibility index (Phi) is 5.92.